The fourth-order valence-electron chi connectivity index (χ4n) is 5.67. The average Bonchev–Trinajstić information content (AvgIpc) is 3.50. The lowest BCUT2D eigenvalue weighted by molar-refractivity contribution is -0.144. The van der Waals surface area contributed by atoms with Crippen LogP contribution in [0.15, 0.2) is 29.4 Å². The summed E-state index contributed by atoms with van der Waals surface area (Å²) < 4.78 is 66.9. The number of hydrogen-bond donors (Lipinski definition) is 1. The second-order valence-corrected chi connectivity index (χ2v) is 11.1. The van der Waals surface area contributed by atoms with Crippen molar-refractivity contribution in [2.24, 2.45) is 0 Å². The number of halogens is 4. The molecular weight excluding hydrogens is 560 g/mol. The van der Waals surface area contributed by atoms with Gasteiger partial charge in [-0.2, -0.15) is 23.3 Å². The van der Waals surface area contributed by atoms with Crippen molar-refractivity contribution in [2.45, 2.75) is 50.1 Å². The van der Waals surface area contributed by atoms with Crippen LogP contribution in [-0.2, 0) is 10.9 Å². The molecule has 1 aromatic carbocycles. The van der Waals surface area contributed by atoms with E-state index in [0.29, 0.717) is 67.7 Å². The van der Waals surface area contributed by atoms with Gasteiger partial charge in [0.1, 0.15) is 11.6 Å². The predicted molar refractivity (Wildman–Crippen MR) is 148 cm³/mol. The van der Waals surface area contributed by atoms with Crippen molar-refractivity contribution in [2.75, 3.05) is 44.0 Å². The van der Waals surface area contributed by atoms with Gasteiger partial charge in [0.25, 0.3) is 0 Å². The van der Waals surface area contributed by atoms with Gasteiger partial charge in [0, 0.05) is 18.7 Å². The molecule has 1 atom stereocenters. The Morgan fingerprint density at radius 1 is 1.10 bits per heavy atom. The van der Waals surface area contributed by atoms with Gasteiger partial charge in [0.05, 0.1) is 53.3 Å². The predicted octanol–water partition coefficient (Wildman–Crippen LogP) is 5.02. The number of nitrogens with zero attached hydrogens (tertiary/aromatic N) is 7. The molecule has 3 aromatic heterocycles. The second kappa shape index (κ2) is 10.9. The summed E-state index contributed by atoms with van der Waals surface area (Å²) in [7, 11) is 0. The number of anilines is 1. The monoisotopic (exact) mass is 590 g/mol. The number of aromatic nitrogens is 6. The van der Waals surface area contributed by atoms with Crippen LogP contribution >= 0.6 is 11.8 Å². The van der Waals surface area contributed by atoms with Crippen LogP contribution in [0.4, 0.5) is 23.4 Å². The fraction of sp³-hybridized carbons (Fsp3) is 0.481. The minimum atomic E-state index is -4.66. The van der Waals surface area contributed by atoms with Crippen molar-refractivity contribution in [1.82, 2.24) is 34.6 Å². The number of ether oxygens (including phenoxy) is 1. The summed E-state index contributed by atoms with van der Waals surface area (Å²) in [6.45, 7) is 6.25. The number of benzene rings is 1. The Hall–Kier alpha value is -3.23. The smallest absolute Gasteiger partial charge is 0.377 e. The van der Waals surface area contributed by atoms with E-state index in [-0.39, 0.29) is 35.0 Å². The van der Waals surface area contributed by atoms with Gasteiger partial charge in [-0.1, -0.05) is 11.8 Å². The SMILES string of the molecule is CSc1nc2cc(F)ccc2n1-c1nc(-c2c(C)nn(C3CCNCC3)c2C(F)(F)F)cc(N2CCOC[C@H]2C)n1. The molecule has 0 aliphatic carbocycles. The molecule has 218 valence electrons. The quantitative estimate of drug-likeness (QED) is 0.256. The molecule has 4 aromatic rings. The third-order valence-corrected chi connectivity index (χ3v) is 8.23. The molecule has 41 heavy (non-hydrogen) atoms. The molecule has 0 bridgehead atoms. The van der Waals surface area contributed by atoms with E-state index in [1.165, 1.54) is 23.9 Å². The summed E-state index contributed by atoms with van der Waals surface area (Å²) in [6.07, 6.45) is -1.76. The Morgan fingerprint density at radius 3 is 2.59 bits per heavy atom. The van der Waals surface area contributed by atoms with E-state index in [0.717, 1.165) is 4.68 Å². The van der Waals surface area contributed by atoms with Crippen molar-refractivity contribution in [1.29, 1.82) is 0 Å². The van der Waals surface area contributed by atoms with E-state index in [9.17, 15) is 17.6 Å². The Morgan fingerprint density at radius 2 is 1.88 bits per heavy atom. The molecule has 0 spiro atoms. The van der Waals surface area contributed by atoms with Crippen LogP contribution in [0.3, 0.4) is 0 Å². The van der Waals surface area contributed by atoms with Crippen LogP contribution in [0.25, 0.3) is 28.2 Å². The largest absolute Gasteiger partial charge is 0.433 e. The number of piperidine rings is 1. The van der Waals surface area contributed by atoms with Gasteiger partial charge in [-0.05, 0) is 58.2 Å². The Kier molecular flexibility index (Phi) is 7.41. The Labute approximate surface area is 238 Å². The number of alkyl halides is 3. The summed E-state index contributed by atoms with van der Waals surface area (Å²) >= 11 is 1.31. The van der Waals surface area contributed by atoms with E-state index in [1.807, 2.05) is 18.1 Å². The van der Waals surface area contributed by atoms with Crippen molar-refractivity contribution in [3.05, 3.63) is 41.5 Å². The third kappa shape index (κ3) is 5.17. The van der Waals surface area contributed by atoms with E-state index in [1.54, 1.807) is 23.6 Å². The summed E-state index contributed by atoms with van der Waals surface area (Å²) in [5, 5.41) is 8.12. The number of aryl methyl sites for hydroxylation is 1. The van der Waals surface area contributed by atoms with E-state index < -0.39 is 17.7 Å². The molecule has 1 N–H and O–H groups in total. The summed E-state index contributed by atoms with van der Waals surface area (Å²) in [6, 6.07) is 5.37. The highest BCUT2D eigenvalue weighted by molar-refractivity contribution is 7.98. The molecule has 2 fully saturated rings. The first kappa shape index (κ1) is 27.9. The van der Waals surface area contributed by atoms with Gasteiger partial charge in [0.15, 0.2) is 10.9 Å². The molecule has 2 aliphatic heterocycles. The van der Waals surface area contributed by atoms with Crippen LogP contribution in [0.1, 0.15) is 37.2 Å². The number of morpholine rings is 1. The number of thioether (sulfide) groups is 1. The van der Waals surface area contributed by atoms with Gasteiger partial charge < -0.3 is 15.0 Å². The molecule has 2 saturated heterocycles. The Bertz CT molecular complexity index is 1580. The van der Waals surface area contributed by atoms with Crippen LogP contribution in [0.5, 0.6) is 0 Å². The highest BCUT2D eigenvalue weighted by Crippen LogP contribution is 2.42. The highest BCUT2D eigenvalue weighted by atomic mass is 32.2. The second-order valence-electron chi connectivity index (χ2n) is 10.3. The van der Waals surface area contributed by atoms with E-state index in [4.69, 9.17) is 14.7 Å². The van der Waals surface area contributed by atoms with Gasteiger partial charge in [0.2, 0.25) is 5.95 Å². The van der Waals surface area contributed by atoms with Gasteiger partial charge in [-0.15, -0.1) is 0 Å². The van der Waals surface area contributed by atoms with Crippen molar-refractivity contribution in [3.8, 4) is 17.2 Å². The third-order valence-electron chi connectivity index (χ3n) is 7.60. The first-order valence-corrected chi connectivity index (χ1v) is 14.7. The molecule has 0 amide bonds. The van der Waals surface area contributed by atoms with Crippen molar-refractivity contribution in [3.63, 3.8) is 0 Å². The number of imidazole rings is 1. The number of hydrogen-bond acceptors (Lipinski definition) is 8. The first-order valence-electron chi connectivity index (χ1n) is 13.5. The number of nitrogens with one attached hydrogen (secondary N) is 1. The zero-order valence-electron chi connectivity index (χ0n) is 22.9. The minimum Gasteiger partial charge on any atom is -0.377 e. The minimum absolute atomic E-state index is 0.0614. The maximum atomic E-state index is 14.8. The molecule has 9 nitrogen and oxygen atoms in total. The lowest BCUT2D eigenvalue weighted by Crippen LogP contribution is -2.44. The molecule has 0 saturated carbocycles. The van der Waals surface area contributed by atoms with Gasteiger partial charge in [-0.3, -0.25) is 9.25 Å². The zero-order valence-corrected chi connectivity index (χ0v) is 23.7. The standard InChI is InChI=1S/C27H30F4N8OS/c1-15-14-40-11-10-37(15)22-13-20(23-16(2)36-39(24(23)27(29,30)31)18-6-8-32-9-7-18)33-25(35-22)38-21-5-4-17(28)12-19(21)34-26(38)41-3/h4-5,12-13,15,18,32H,6-11,14H2,1-3H3/t15-/m1/s1. The molecular formula is C27H30F4N8OS. The van der Waals surface area contributed by atoms with Crippen LogP contribution in [0, 0.1) is 12.7 Å². The molecule has 0 radical (unpaired) electrons. The Balaban J connectivity index is 1.61. The summed E-state index contributed by atoms with van der Waals surface area (Å²) in [4.78, 5) is 16.1. The van der Waals surface area contributed by atoms with Gasteiger partial charge in [-0.25, -0.2) is 14.4 Å². The zero-order chi connectivity index (χ0) is 28.9. The molecule has 6 rings (SSSR count). The number of fused-ring (bicyclic) bond motifs is 1. The van der Waals surface area contributed by atoms with E-state index in [2.05, 4.69) is 15.4 Å². The lowest BCUT2D eigenvalue weighted by atomic mass is 10.0. The number of rotatable bonds is 5. The summed E-state index contributed by atoms with van der Waals surface area (Å²) in [5.41, 5.74) is 0.426. The molecule has 2 aliphatic rings. The van der Waals surface area contributed by atoms with Crippen LogP contribution < -0.4 is 10.2 Å². The maximum Gasteiger partial charge on any atom is 0.433 e. The van der Waals surface area contributed by atoms with Crippen LogP contribution in [0.2, 0.25) is 0 Å². The van der Waals surface area contributed by atoms with Gasteiger partial charge >= 0.3 is 6.18 Å². The molecule has 0 unspecified atom stereocenters. The summed E-state index contributed by atoms with van der Waals surface area (Å²) in [5.74, 6) is 0.179. The van der Waals surface area contributed by atoms with Crippen molar-refractivity contribution < 1.29 is 22.3 Å². The molecule has 5 heterocycles. The average molecular weight is 591 g/mol. The van der Waals surface area contributed by atoms with Crippen molar-refractivity contribution >= 4 is 28.6 Å². The topological polar surface area (TPSA) is 85.9 Å². The lowest BCUT2D eigenvalue weighted by Gasteiger charge is -2.34. The molecule has 14 heteroatoms. The maximum absolute atomic E-state index is 14.8. The normalized spacial score (nSPS) is 18.9. The fourth-order valence-corrected chi connectivity index (χ4v) is 6.22. The highest BCUT2D eigenvalue weighted by Gasteiger charge is 2.42. The van der Waals surface area contributed by atoms with Crippen LogP contribution in [-0.4, -0.2) is 74.4 Å². The first-order chi connectivity index (χ1) is 19.7. The van der Waals surface area contributed by atoms with E-state index >= 15 is 0 Å².